The molecule has 1 spiro atoms. The second-order valence-corrected chi connectivity index (χ2v) is 15.7. The van der Waals surface area contributed by atoms with Gasteiger partial charge in [-0.3, -0.25) is 19.8 Å². The Kier molecular flexibility index (Phi) is 10.6. The number of piperazine rings is 1. The molecule has 0 radical (unpaired) electrons. The molecule has 0 aliphatic carbocycles. The largest absolute Gasteiger partial charge is 0.456 e. The van der Waals surface area contributed by atoms with Crippen molar-refractivity contribution in [2.75, 3.05) is 67.1 Å². The molecule has 3 aliphatic heterocycles. The van der Waals surface area contributed by atoms with E-state index in [0.29, 0.717) is 59.8 Å². The Balaban J connectivity index is 1.04. The molecule has 5 heterocycles. The first kappa shape index (κ1) is 40.3. The molecule has 3 amide bonds. The molecule has 3 aliphatic rings. The lowest BCUT2D eigenvalue weighted by atomic mass is 9.75. The van der Waals surface area contributed by atoms with Crippen molar-refractivity contribution in [1.29, 1.82) is 0 Å². The maximum absolute atomic E-state index is 14.6. The van der Waals surface area contributed by atoms with Gasteiger partial charge in [0.05, 0.1) is 0 Å². The van der Waals surface area contributed by atoms with E-state index >= 15 is 0 Å². The molecule has 62 heavy (non-hydrogen) atoms. The van der Waals surface area contributed by atoms with Crippen molar-refractivity contribution in [3.8, 4) is 11.5 Å². The molecule has 1 fully saturated rings. The van der Waals surface area contributed by atoms with Gasteiger partial charge in [-0.25, -0.2) is 9.80 Å². The molecule has 13 nitrogen and oxygen atoms in total. The van der Waals surface area contributed by atoms with E-state index < -0.39 is 11.2 Å². The average Bonchev–Trinajstić information content (AvgIpc) is 3.53. The molecule has 0 saturated carbocycles. The van der Waals surface area contributed by atoms with Gasteiger partial charge in [0, 0.05) is 127 Å². The molecular formula is C49H50N7O6+. The van der Waals surface area contributed by atoms with Gasteiger partial charge in [0.15, 0.2) is 12.4 Å². The van der Waals surface area contributed by atoms with Crippen LogP contribution >= 0.6 is 0 Å². The SMILES string of the molecule is CCN(CC)c1ccc2c(c1)Oc1cc(N3CCN(C(=O)c4cc5ccc(N(CC)CC)cc5oc4=O)CC3)ccc1C21c2ccccc2C(=O)N1NC(=O)C[n+]1ccccc1. The topological polar surface area (TPSA) is 123 Å². The summed E-state index contributed by atoms with van der Waals surface area (Å²) < 4.78 is 14.3. The summed E-state index contributed by atoms with van der Waals surface area (Å²) in [6.45, 7) is 13.4. The molecule has 9 rings (SSSR count). The van der Waals surface area contributed by atoms with Crippen LogP contribution in [0.5, 0.6) is 11.5 Å². The Morgan fingerprint density at radius 3 is 2.06 bits per heavy atom. The van der Waals surface area contributed by atoms with Crippen LogP contribution in [0.15, 0.2) is 125 Å². The number of aromatic nitrogens is 1. The fraction of sp³-hybridized carbons (Fsp3) is 0.286. The number of benzene rings is 4. The zero-order valence-electron chi connectivity index (χ0n) is 35.5. The number of pyridine rings is 1. The molecule has 0 bridgehead atoms. The summed E-state index contributed by atoms with van der Waals surface area (Å²) in [4.78, 5) is 63.8. The van der Waals surface area contributed by atoms with Crippen LogP contribution in [0.1, 0.15) is 65.1 Å². The normalized spacial score (nSPS) is 16.5. The number of hydrogen-bond acceptors (Lipinski definition) is 9. The summed E-state index contributed by atoms with van der Waals surface area (Å²) in [5, 5.41) is 2.18. The summed E-state index contributed by atoms with van der Waals surface area (Å²) in [5.41, 5.74) is 7.06. The van der Waals surface area contributed by atoms with Gasteiger partial charge in [0.25, 0.3) is 11.8 Å². The van der Waals surface area contributed by atoms with Crippen LogP contribution in [-0.2, 0) is 16.9 Å². The van der Waals surface area contributed by atoms with Crippen LogP contribution < -0.4 is 35.1 Å². The molecule has 1 N–H and O–H groups in total. The van der Waals surface area contributed by atoms with Crippen molar-refractivity contribution < 1.29 is 28.1 Å². The lowest BCUT2D eigenvalue weighted by Gasteiger charge is -2.44. The highest BCUT2D eigenvalue weighted by Crippen LogP contribution is 2.57. The number of nitrogens with one attached hydrogen (secondary N) is 1. The smallest absolute Gasteiger partial charge is 0.349 e. The highest BCUT2D eigenvalue weighted by molar-refractivity contribution is 6.03. The Morgan fingerprint density at radius 1 is 0.710 bits per heavy atom. The molecule has 6 aromatic rings. The summed E-state index contributed by atoms with van der Waals surface area (Å²) in [6, 6.07) is 32.5. The minimum absolute atomic E-state index is 0.00509. The van der Waals surface area contributed by atoms with Crippen molar-refractivity contribution in [1.82, 2.24) is 15.3 Å². The summed E-state index contributed by atoms with van der Waals surface area (Å²) >= 11 is 0. The lowest BCUT2D eigenvalue weighted by molar-refractivity contribution is -0.684. The lowest BCUT2D eigenvalue weighted by Crippen LogP contribution is -2.58. The molecule has 1 saturated heterocycles. The van der Waals surface area contributed by atoms with Crippen LogP contribution in [0, 0.1) is 0 Å². The molecule has 1 unspecified atom stereocenters. The minimum Gasteiger partial charge on any atom is -0.456 e. The number of fused-ring (bicyclic) bond motifs is 7. The summed E-state index contributed by atoms with van der Waals surface area (Å²) in [7, 11) is 0. The number of rotatable bonds is 11. The minimum atomic E-state index is -1.26. The number of carbonyl (C=O) groups excluding carboxylic acids is 3. The highest BCUT2D eigenvalue weighted by atomic mass is 16.5. The van der Waals surface area contributed by atoms with Gasteiger partial charge < -0.3 is 28.8 Å². The van der Waals surface area contributed by atoms with Crippen LogP contribution in [0.4, 0.5) is 17.1 Å². The predicted molar refractivity (Wildman–Crippen MR) is 238 cm³/mol. The Labute approximate surface area is 360 Å². The van der Waals surface area contributed by atoms with Gasteiger partial charge in [0.2, 0.25) is 6.54 Å². The van der Waals surface area contributed by atoms with E-state index in [1.54, 1.807) is 21.6 Å². The van der Waals surface area contributed by atoms with Gasteiger partial charge in [0.1, 0.15) is 28.2 Å². The molecular weight excluding hydrogens is 783 g/mol. The fourth-order valence-electron chi connectivity index (χ4n) is 9.32. The predicted octanol–water partition coefficient (Wildman–Crippen LogP) is 6.32. The Morgan fingerprint density at radius 2 is 1.35 bits per heavy atom. The Bertz CT molecular complexity index is 2760. The van der Waals surface area contributed by atoms with Crippen LogP contribution in [0.2, 0.25) is 0 Å². The molecule has 316 valence electrons. The third kappa shape index (κ3) is 6.77. The number of carbonyl (C=O) groups is 3. The number of ether oxygens (including phenoxy) is 1. The van der Waals surface area contributed by atoms with Gasteiger partial charge in [-0.1, -0.05) is 36.4 Å². The second-order valence-electron chi connectivity index (χ2n) is 15.7. The Hall–Kier alpha value is -7.15. The third-order valence-electron chi connectivity index (χ3n) is 12.5. The van der Waals surface area contributed by atoms with Crippen LogP contribution in [0.3, 0.4) is 0 Å². The van der Waals surface area contributed by atoms with Gasteiger partial charge in [-0.15, -0.1) is 0 Å². The second kappa shape index (κ2) is 16.4. The zero-order valence-corrected chi connectivity index (χ0v) is 35.5. The van der Waals surface area contributed by atoms with Crippen LogP contribution in [-0.4, -0.2) is 80.0 Å². The van der Waals surface area contributed by atoms with E-state index in [2.05, 4.69) is 47.8 Å². The van der Waals surface area contributed by atoms with E-state index in [0.717, 1.165) is 54.4 Å². The first-order valence-electron chi connectivity index (χ1n) is 21.4. The van der Waals surface area contributed by atoms with E-state index in [1.165, 1.54) is 5.01 Å². The zero-order chi connectivity index (χ0) is 43.1. The maximum Gasteiger partial charge on any atom is 0.349 e. The third-order valence-corrected chi connectivity index (χ3v) is 12.5. The van der Waals surface area contributed by atoms with E-state index in [4.69, 9.17) is 9.15 Å². The van der Waals surface area contributed by atoms with Gasteiger partial charge >= 0.3 is 11.5 Å². The van der Waals surface area contributed by atoms with E-state index in [-0.39, 0.29) is 29.8 Å². The van der Waals surface area contributed by atoms with Crippen molar-refractivity contribution in [2.24, 2.45) is 0 Å². The van der Waals surface area contributed by atoms with Crippen LogP contribution in [0.25, 0.3) is 11.0 Å². The highest BCUT2D eigenvalue weighted by Gasteiger charge is 2.57. The quantitative estimate of drug-likeness (QED) is 0.118. The number of hydrazine groups is 1. The van der Waals surface area contributed by atoms with Gasteiger partial charge in [-0.2, -0.15) is 4.57 Å². The first-order chi connectivity index (χ1) is 30.2. The fourth-order valence-corrected chi connectivity index (χ4v) is 9.32. The number of anilines is 3. The van der Waals surface area contributed by atoms with Crippen molar-refractivity contribution in [3.05, 3.63) is 154 Å². The standard InChI is InChI=1S/C49H49N7O6/c1-5-52(6-2)34-17-16-33-28-38(48(60)62-42(33)29-34)46(58)55-26-24-54(25-27-55)36-19-21-41-44(31-36)61-43-30-35(53(7-3)8-4)18-20-40(43)49(41)39-15-11-10-14-37(39)47(59)56(49)50-45(57)32-51-22-12-9-13-23-51/h9-23,28-31H,5-8,24-27,32H2,1-4H3/p+1. The molecule has 4 aromatic carbocycles. The number of hydrogen-bond donors (Lipinski definition) is 1. The first-order valence-corrected chi connectivity index (χ1v) is 21.4. The van der Waals surface area contributed by atoms with E-state index in [1.807, 2.05) is 103 Å². The van der Waals surface area contributed by atoms with Crippen molar-refractivity contribution >= 4 is 45.8 Å². The maximum atomic E-state index is 14.6. The number of nitrogens with zero attached hydrogens (tertiary/aromatic N) is 6. The average molecular weight is 833 g/mol. The summed E-state index contributed by atoms with van der Waals surface area (Å²) in [5.74, 6) is 0.0830. The molecule has 2 aromatic heterocycles. The van der Waals surface area contributed by atoms with E-state index in [9.17, 15) is 19.2 Å². The van der Waals surface area contributed by atoms with Gasteiger partial charge in [-0.05, 0) is 64.1 Å². The molecule has 13 heteroatoms. The van der Waals surface area contributed by atoms with Crippen molar-refractivity contribution in [3.63, 3.8) is 0 Å². The monoisotopic (exact) mass is 832 g/mol. The number of amides is 3. The molecule has 1 atom stereocenters. The summed E-state index contributed by atoms with van der Waals surface area (Å²) in [6.07, 6.45) is 3.62. The van der Waals surface area contributed by atoms with Crippen molar-refractivity contribution in [2.45, 2.75) is 39.8 Å².